The van der Waals surface area contributed by atoms with Crippen LogP contribution in [0.2, 0.25) is 0 Å². The lowest BCUT2D eigenvalue weighted by molar-refractivity contribution is -0.140. The Morgan fingerprint density at radius 1 is 1.08 bits per heavy atom. The van der Waals surface area contributed by atoms with Gasteiger partial charge >= 0.3 is 11.9 Å². The summed E-state index contributed by atoms with van der Waals surface area (Å²) >= 11 is 0. The highest BCUT2D eigenvalue weighted by atomic mass is 16.4. The maximum absolute atomic E-state index is 10.6. The predicted molar refractivity (Wildman–Crippen MR) is 47.5 cm³/mol. The van der Waals surface area contributed by atoms with Gasteiger partial charge in [-0.05, 0) is 18.4 Å². The van der Waals surface area contributed by atoms with Gasteiger partial charge < -0.3 is 10.2 Å². The topological polar surface area (TPSA) is 74.6 Å². The molecule has 0 rings (SSSR count). The first-order valence-corrected chi connectivity index (χ1v) is 4.23. The average molecular weight is 186 g/mol. The predicted octanol–water partition coefficient (Wildman–Crippen LogP) is 1.66. The van der Waals surface area contributed by atoms with Gasteiger partial charge in [0.15, 0.2) is 0 Å². The summed E-state index contributed by atoms with van der Waals surface area (Å²) in [5.41, 5.74) is 0.0341. The molecule has 0 fully saturated rings. The molecule has 74 valence electrons. The first-order chi connectivity index (χ1) is 6.04. The first-order valence-electron chi connectivity index (χ1n) is 4.23. The van der Waals surface area contributed by atoms with Gasteiger partial charge in [0.25, 0.3) is 0 Å². The molecule has 0 heterocycles. The van der Waals surface area contributed by atoms with Crippen molar-refractivity contribution < 1.29 is 19.8 Å². The zero-order valence-corrected chi connectivity index (χ0v) is 7.83. The number of rotatable bonds is 5. The Hall–Kier alpha value is -1.32. The lowest BCUT2D eigenvalue weighted by Crippen LogP contribution is -2.14. The number of carboxylic acid groups (broad SMARTS) is 2. The molecule has 0 aromatic rings. The van der Waals surface area contributed by atoms with Gasteiger partial charge in [-0.3, -0.25) is 0 Å². The van der Waals surface area contributed by atoms with Gasteiger partial charge in [0, 0.05) is 0 Å². The fraction of sp³-hybridized carbons (Fsp3) is 0.556. The van der Waals surface area contributed by atoms with Gasteiger partial charge in [-0.25, -0.2) is 9.59 Å². The normalized spacial score (nSPS) is 9.38. The molecule has 0 aliphatic heterocycles. The lowest BCUT2D eigenvalue weighted by Gasteiger charge is -2.05. The van der Waals surface area contributed by atoms with E-state index >= 15 is 0 Å². The standard InChI is InChI=1S/C9H14O4/c1-3-5-6(4-2)7(8(10)11)9(12)13/h3-5H2,1-2H3,(H,10,11)(H,12,13). The lowest BCUT2D eigenvalue weighted by atomic mass is 10.0. The SMILES string of the molecule is CCCC(CC)=C(C(=O)O)C(=O)O. The smallest absolute Gasteiger partial charge is 0.343 e. The minimum absolute atomic E-state index is 0.468. The molecule has 4 heteroatoms. The summed E-state index contributed by atoms with van der Waals surface area (Å²) in [6.45, 7) is 3.65. The van der Waals surface area contributed by atoms with E-state index in [4.69, 9.17) is 10.2 Å². The molecule has 0 aliphatic rings. The van der Waals surface area contributed by atoms with Crippen LogP contribution >= 0.6 is 0 Å². The Kier molecular flexibility index (Phi) is 4.80. The van der Waals surface area contributed by atoms with Crippen LogP contribution in [0.4, 0.5) is 0 Å². The number of carbonyl (C=O) groups is 2. The van der Waals surface area contributed by atoms with Crippen molar-refractivity contribution in [3.05, 3.63) is 11.1 Å². The number of hydrogen-bond donors (Lipinski definition) is 2. The summed E-state index contributed by atoms with van der Waals surface area (Å²) < 4.78 is 0. The van der Waals surface area contributed by atoms with E-state index in [0.29, 0.717) is 18.4 Å². The van der Waals surface area contributed by atoms with E-state index in [1.807, 2.05) is 6.92 Å². The maximum atomic E-state index is 10.6. The van der Waals surface area contributed by atoms with Crippen molar-refractivity contribution in [2.75, 3.05) is 0 Å². The Labute approximate surface area is 76.9 Å². The molecule has 0 radical (unpaired) electrons. The first kappa shape index (κ1) is 11.7. The van der Waals surface area contributed by atoms with Crippen molar-refractivity contribution in [1.82, 2.24) is 0 Å². The summed E-state index contributed by atoms with van der Waals surface area (Å²) in [6.07, 6.45) is 1.76. The van der Waals surface area contributed by atoms with Crippen molar-refractivity contribution in [3.8, 4) is 0 Å². The second kappa shape index (κ2) is 5.35. The summed E-state index contributed by atoms with van der Waals surface area (Å²) in [5.74, 6) is -2.70. The average Bonchev–Trinajstić information content (AvgIpc) is 2.02. The van der Waals surface area contributed by atoms with Crippen molar-refractivity contribution in [3.63, 3.8) is 0 Å². The molecule has 13 heavy (non-hydrogen) atoms. The third kappa shape index (κ3) is 3.27. The highest BCUT2D eigenvalue weighted by Crippen LogP contribution is 2.15. The van der Waals surface area contributed by atoms with Crippen LogP contribution in [0.1, 0.15) is 33.1 Å². The van der Waals surface area contributed by atoms with E-state index in [-0.39, 0.29) is 0 Å². The molecular formula is C9H14O4. The zero-order chi connectivity index (χ0) is 10.4. The molecule has 0 saturated carbocycles. The van der Waals surface area contributed by atoms with Crippen LogP contribution in [0, 0.1) is 0 Å². The second-order valence-electron chi connectivity index (χ2n) is 2.69. The molecule has 4 nitrogen and oxygen atoms in total. The molecule has 0 bridgehead atoms. The van der Waals surface area contributed by atoms with E-state index in [1.54, 1.807) is 6.92 Å². The van der Waals surface area contributed by atoms with Crippen LogP contribution in [0.15, 0.2) is 11.1 Å². The minimum atomic E-state index is -1.35. The summed E-state index contributed by atoms with van der Waals surface area (Å²) in [4.78, 5) is 21.2. The third-order valence-electron chi connectivity index (χ3n) is 1.76. The number of hydrogen-bond acceptors (Lipinski definition) is 2. The van der Waals surface area contributed by atoms with Crippen molar-refractivity contribution in [2.45, 2.75) is 33.1 Å². The quantitative estimate of drug-likeness (QED) is 0.389. The number of aliphatic carboxylic acids is 2. The van der Waals surface area contributed by atoms with Crippen LogP contribution in [0.25, 0.3) is 0 Å². The van der Waals surface area contributed by atoms with Crippen LogP contribution < -0.4 is 0 Å². The van der Waals surface area contributed by atoms with Gasteiger partial charge in [-0.15, -0.1) is 0 Å². The Bertz CT molecular complexity index is 224. The maximum Gasteiger partial charge on any atom is 0.343 e. The summed E-state index contributed by atoms with van der Waals surface area (Å²) in [6, 6.07) is 0. The minimum Gasteiger partial charge on any atom is -0.477 e. The molecule has 2 N–H and O–H groups in total. The number of carboxylic acids is 2. The van der Waals surface area contributed by atoms with Crippen LogP contribution in [-0.2, 0) is 9.59 Å². The van der Waals surface area contributed by atoms with Gasteiger partial charge in [0.2, 0.25) is 0 Å². The summed E-state index contributed by atoms with van der Waals surface area (Å²) in [5, 5.41) is 17.3. The fourth-order valence-electron chi connectivity index (χ4n) is 1.17. The second-order valence-corrected chi connectivity index (χ2v) is 2.69. The van der Waals surface area contributed by atoms with E-state index in [2.05, 4.69) is 0 Å². The van der Waals surface area contributed by atoms with Gasteiger partial charge in [0.05, 0.1) is 0 Å². The molecule has 0 saturated heterocycles. The molecule has 0 aliphatic carbocycles. The summed E-state index contributed by atoms with van der Waals surface area (Å²) in [7, 11) is 0. The Balaban J connectivity index is 5.00. The van der Waals surface area contributed by atoms with E-state index in [1.165, 1.54) is 0 Å². The van der Waals surface area contributed by atoms with E-state index < -0.39 is 17.5 Å². The molecular weight excluding hydrogens is 172 g/mol. The van der Waals surface area contributed by atoms with Gasteiger partial charge in [-0.2, -0.15) is 0 Å². The van der Waals surface area contributed by atoms with Gasteiger partial charge in [-0.1, -0.05) is 20.3 Å². The Morgan fingerprint density at radius 3 is 1.77 bits per heavy atom. The molecule has 0 unspecified atom stereocenters. The monoisotopic (exact) mass is 186 g/mol. The molecule has 0 spiro atoms. The molecule has 0 aromatic heterocycles. The largest absolute Gasteiger partial charge is 0.477 e. The Morgan fingerprint density at radius 2 is 1.54 bits per heavy atom. The van der Waals surface area contributed by atoms with E-state index in [0.717, 1.165) is 6.42 Å². The van der Waals surface area contributed by atoms with E-state index in [9.17, 15) is 9.59 Å². The fourth-order valence-corrected chi connectivity index (χ4v) is 1.17. The van der Waals surface area contributed by atoms with Crippen molar-refractivity contribution in [2.24, 2.45) is 0 Å². The highest BCUT2D eigenvalue weighted by molar-refractivity contribution is 6.13. The highest BCUT2D eigenvalue weighted by Gasteiger charge is 2.19. The van der Waals surface area contributed by atoms with Gasteiger partial charge in [0.1, 0.15) is 5.57 Å². The van der Waals surface area contributed by atoms with Crippen LogP contribution in [0.5, 0.6) is 0 Å². The van der Waals surface area contributed by atoms with Crippen molar-refractivity contribution in [1.29, 1.82) is 0 Å². The molecule has 0 aromatic carbocycles. The third-order valence-corrected chi connectivity index (χ3v) is 1.76. The molecule has 0 atom stereocenters. The number of allylic oxidation sites excluding steroid dienone is 1. The molecule has 0 amide bonds. The van der Waals surface area contributed by atoms with Crippen LogP contribution in [0.3, 0.4) is 0 Å². The van der Waals surface area contributed by atoms with Crippen LogP contribution in [-0.4, -0.2) is 22.2 Å². The van der Waals surface area contributed by atoms with Crippen molar-refractivity contribution >= 4 is 11.9 Å². The zero-order valence-electron chi connectivity index (χ0n) is 7.83.